The summed E-state index contributed by atoms with van der Waals surface area (Å²) in [4.78, 5) is 15.9. The van der Waals surface area contributed by atoms with Gasteiger partial charge >= 0.3 is 0 Å². The summed E-state index contributed by atoms with van der Waals surface area (Å²) in [7, 11) is 1.81. The SMILES string of the molecule is Cc1nn(C)c2c1nc(C(C)Cl)n2C(C)C(N)=O. The highest BCUT2D eigenvalue weighted by atomic mass is 35.5. The molecule has 6 nitrogen and oxygen atoms in total. The Balaban J connectivity index is 2.81. The van der Waals surface area contributed by atoms with Crippen molar-refractivity contribution < 1.29 is 4.79 Å². The minimum Gasteiger partial charge on any atom is -0.368 e. The number of alkyl halides is 1. The van der Waals surface area contributed by atoms with Gasteiger partial charge in [-0.1, -0.05) is 0 Å². The normalized spacial score (nSPS) is 14.9. The average Bonchev–Trinajstić information content (AvgIpc) is 2.77. The Morgan fingerprint density at radius 2 is 2.06 bits per heavy atom. The Kier molecular flexibility index (Phi) is 3.06. The summed E-state index contributed by atoms with van der Waals surface area (Å²) in [6.45, 7) is 5.42. The number of halogens is 1. The highest BCUT2D eigenvalue weighted by molar-refractivity contribution is 6.20. The van der Waals surface area contributed by atoms with E-state index in [0.29, 0.717) is 5.82 Å². The predicted octanol–water partition coefficient (Wildman–Crippen LogP) is 1.42. The molecule has 0 aliphatic rings. The topological polar surface area (TPSA) is 78.7 Å². The first kappa shape index (κ1) is 12.9. The number of nitrogens with zero attached hydrogens (tertiary/aromatic N) is 4. The first-order valence-corrected chi connectivity index (χ1v) is 6.13. The third-order valence-electron chi connectivity index (χ3n) is 3.02. The molecule has 2 unspecified atom stereocenters. The van der Waals surface area contributed by atoms with E-state index in [9.17, 15) is 4.79 Å². The van der Waals surface area contributed by atoms with E-state index in [1.807, 2.05) is 20.9 Å². The molecule has 0 bridgehead atoms. The summed E-state index contributed by atoms with van der Waals surface area (Å²) >= 11 is 6.13. The summed E-state index contributed by atoms with van der Waals surface area (Å²) in [5.74, 6) is 0.209. The van der Waals surface area contributed by atoms with Gasteiger partial charge in [-0.05, 0) is 20.8 Å². The van der Waals surface area contributed by atoms with Gasteiger partial charge in [-0.2, -0.15) is 5.10 Å². The Morgan fingerprint density at radius 1 is 1.44 bits per heavy atom. The predicted molar refractivity (Wildman–Crippen MR) is 69.4 cm³/mol. The van der Waals surface area contributed by atoms with Crippen LogP contribution in [0.25, 0.3) is 11.2 Å². The number of hydrogen-bond donors (Lipinski definition) is 1. The molecule has 2 heterocycles. The van der Waals surface area contributed by atoms with Gasteiger partial charge in [0, 0.05) is 7.05 Å². The van der Waals surface area contributed by atoms with Crippen molar-refractivity contribution in [3.63, 3.8) is 0 Å². The van der Waals surface area contributed by atoms with Crippen LogP contribution in [0.3, 0.4) is 0 Å². The average molecular weight is 270 g/mol. The first-order chi connectivity index (χ1) is 8.34. The standard InChI is InChI=1S/C11H16ClN5O/c1-5(12)10-14-8-6(2)15-16(4)11(8)17(10)7(3)9(13)18/h5,7H,1-4H3,(H2,13,18). The van der Waals surface area contributed by atoms with Crippen molar-refractivity contribution in [1.29, 1.82) is 0 Å². The molecule has 0 saturated carbocycles. The van der Waals surface area contributed by atoms with Crippen LogP contribution in [-0.2, 0) is 11.8 Å². The smallest absolute Gasteiger partial charge is 0.240 e. The molecule has 1 amide bonds. The Labute approximate surface area is 110 Å². The van der Waals surface area contributed by atoms with E-state index < -0.39 is 11.9 Å². The molecule has 2 aromatic rings. The summed E-state index contributed by atoms with van der Waals surface area (Å²) in [5, 5.41) is 3.98. The number of hydrogen-bond acceptors (Lipinski definition) is 3. The molecule has 2 aromatic heterocycles. The molecule has 0 aliphatic heterocycles. The zero-order valence-electron chi connectivity index (χ0n) is 10.8. The van der Waals surface area contributed by atoms with Gasteiger partial charge in [-0.25, -0.2) is 4.98 Å². The molecule has 18 heavy (non-hydrogen) atoms. The van der Waals surface area contributed by atoms with Gasteiger partial charge in [-0.15, -0.1) is 11.6 Å². The van der Waals surface area contributed by atoms with Gasteiger partial charge in [0.2, 0.25) is 5.91 Å². The zero-order chi connectivity index (χ0) is 13.6. The number of aryl methyl sites for hydroxylation is 2. The van der Waals surface area contributed by atoms with Crippen molar-refractivity contribution >= 4 is 28.7 Å². The Hall–Kier alpha value is -1.56. The quantitative estimate of drug-likeness (QED) is 0.856. The van der Waals surface area contributed by atoms with Crippen LogP contribution >= 0.6 is 11.6 Å². The highest BCUT2D eigenvalue weighted by Crippen LogP contribution is 2.29. The molecule has 2 rings (SSSR count). The lowest BCUT2D eigenvalue weighted by atomic mass is 10.3. The fraction of sp³-hybridized carbons (Fsp3) is 0.545. The van der Waals surface area contributed by atoms with Crippen molar-refractivity contribution in [2.75, 3.05) is 0 Å². The summed E-state index contributed by atoms with van der Waals surface area (Å²) in [5.41, 5.74) is 7.71. The van der Waals surface area contributed by atoms with E-state index in [-0.39, 0.29) is 5.38 Å². The van der Waals surface area contributed by atoms with E-state index in [4.69, 9.17) is 17.3 Å². The van der Waals surface area contributed by atoms with Crippen LogP contribution in [0, 0.1) is 6.92 Å². The largest absolute Gasteiger partial charge is 0.368 e. The van der Waals surface area contributed by atoms with Crippen molar-refractivity contribution in [2.24, 2.45) is 12.8 Å². The lowest BCUT2D eigenvalue weighted by Gasteiger charge is -2.15. The highest BCUT2D eigenvalue weighted by Gasteiger charge is 2.25. The lowest BCUT2D eigenvalue weighted by molar-refractivity contribution is -0.120. The van der Waals surface area contributed by atoms with Crippen molar-refractivity contribution in [2.45, 2.75) is 32.2 Å². The number of carbonyl (C=O) groups excluding carboxylic acids is 1. The molecule has 0 saturated heterocycles. The summed E-state index contributed by atoms with van der Waals surface area (Å²) in [6, 6.07) is -0.513. The van der Waals surface area contributed by atoms with Crippen molar-refractivity contribution in [3.05, 3.63) is 11.5 Å². The second-order valence-electron chi connectivity index (χ2n) is 4.42. The molecule has 2 N–H and O–H groups in total. The maximum absolute atomic E-state index is 11.4. The van der Waals surface area contributed by atoms with Crippen molar-refractivity contribution in [1.82, 2.24) is 19.3 Å². The number of aromatic nitrogens is 4. The van der Waals surface area contributed by atoms with E-state index >= 15 is 0 Å². The number of nitrogens with two attached hydrogens (primary N) is 1. The second-order valence-corrected chi connectivity index (χ2v) is 5.07. The van der Waals surface area contributed by atoms with Crippen LogP contribution in [0.2, 0.25) is 0 Å². The van der Waals surface area contributed by atoms with Gasteiger partial charge in [-0.3, -0.25) is 14.0 Å². The van der Waals surface area contributed by atoms with Crippen LogP contribution in [0.4, 0.5) is 0 Å². The second kappa shape index (κ2) is 4.28. The first-order valence-electron chi connectivity index (χ1n) is 5.69. The van der Waals surface area contributed by atoms with Gasteiger partial charge < -0.3 is 5.73 Å². The van der Waals surface area contributed by atoms with Crippen LogP contribution in [0.5, 0.6) is 0 Å². The maximum Gasteiger partial charge on any atom is 0.240 e. The fourth-order valence-corrected chi connectivity index (χ4v) is 2.26. The molecule has 2 atom stereocenters. The fourth-order valence-electron chi connectivity index (χ4n) is 2.10. The molecular weight excluding hydrogens is 254 g/mol. The van der Waals surface area contributed by atoms with Gasteiger partial charge in [0.25, 0.3) is 0 Å². The number of rotatable bonds is 3. The van der Waals surface area contributed by atoms with Gasteiger partial charge in [0.1, 0.15) is 17.4 Å². The molecule has 98 valence electrons. The molecule has 0 spiro atoms. The Morgan fingerprint density at radius 3 is 2.56 bits per heavy atom. The number of amides is 1. The van der Waals surface area contributed by atoms with Crippen LogP contribution in [-0.4, -0.2) is 25.2 Å². The minimum absolute atomic E-state index is 0.307. The summed E-state index contributed by atoms with van der Waals surface area (Å²) in [6.07, 6.45) is 0. The number of fused-ring (bicyclic) bond motifs is 1. The van der Waals surface area contributed by atoms with Gasteiger partial charge in [0.05, 0.1) is 11.1 Å². The minimum atomic E-state index is -0.513. The monoisotopic (exact) mass is 269 g/mol. The number of primary amides is 1. The number of imidazole rings is 1. The molecule has 0 aliphatic carbocycles. The van der Waals surface area contributed by atoms with E-state index in [0.717, 1.165) is 16.9 Å². The van der Waals surface area contributed by atoms with Crippen LogP contribution in [0.1, 0.15) is 36.8 Å². The molecule has 7 heteroatoms. The van der Waals surface area contributed by atoms with E-state index in [1.54, 1.807) is 16.2 Å². The van der Waals surface area contributed by atoms with E-state index in [1.165, 1.54) is 0 Å². The molecule has 0 aromatic carbocycles. The van der Waals surface area contributed by atoms with Gasteiger partial charge in [0.15, 0.2) is 5.65 Å². The third kappa shape index (κ3) is 1.77. The third-order valence-corrected chi connectivity index (χ3v) is 3.21. The number of carbonyl (C=O) groups is 1. The Bertz CT molecular complexity index is 612. The van der Waals surface area contributed by atoms with Crippen LogP contribution in [0.15, 0.2) is 0 Å². The van der Waals surface area contributed by atoms with E-state index in [2.05, 4.69) is 10.1 Å². The van der Waals surface area contributed by atoms with Crippen molar-refractivity contribution in [3.8, 4) is 0 Å². The molecule has 0 fully saturated rings. The zero-order valence-corrected chi connectivity index (χ0v) is 11.6. The summed E-state index contributed by atoms with van der Waals surface area (Å²) < 4.78 is 3.45. The molecule has 0 radical (unpaired) electrons. The lowest BCUT2D eigenvalue weighted by Crippen LogP contribution is -2.26. The maximum atomic E-state index is 11.4. The molecular formula is C11H16ClN5O. The van der Waals surface area contributed by atoms with Crippen LogP contribution < -0.4 is 5.73 Å².